The van der Waals surface area contributed by atoms with Gasteiger partial charge in [0.1, 0.15) is 12.2 Å². The third-order valence-corrected chi connectivity index (χ3v) is 5.44. The summed E-state index contributed by atoms with van der Waals surface area (Å²) in [6, 6.07) is 10.5. The minimum Gasteiger partial charge on any atom is -0.313 e. The molecule has 6 nitrogen and oxygen atoms in total. The molecule has 1 aliphatic heterocycles. The van der Waals surface area contributed by atoms with Gasteiger partial charge in [0, 0.05) is 37.3 Å². The molecule has 1 aliphatic rings. The molecule has 0 spiro atoms. The number of rotatable bonds is 5. The predicted molar refractivity (Wildman–Crippen MR) is 101 cm³/mol. The molecule has 0 saturated carbocycles. The number of benzene rings is 1. The molecular weight excluding hydrogens is 324 g/mol. The van der Waals surface area contributed by atoms with Crippen LogP contribution in [-0.2, 0) is 20.1 Å². The summed E-state index contributed by atoms with van der Waals surface area (Å²) < 4.78 is 4.16. The third-order valence-electron chi connectivity index (χ3n) is 5.44. The predicted octanol–water partition coefficient (Wildman–Crippen LogP) is 2.75. The monoisotopic (exact) mass is 350 g/mol. The van der Waals surface area contributed by atoms with Crippen molar-refractivity contribution >= 4 is 0 Å². The topological polar surface area (TPSA) is 51.8 Å². The van der Waals surface area contributed by atoms with Gasteiger partial charge in [0.15, 0.2) is 0 Å². The maximum absolute atomic E-state index is 4.47. The lowest BCUT2D eigenvalue weighted by molar-refractivity contribution is 0.194. The number of aromatic nitrogens is 5. The van der Waals surface area contributed by atoms with E-state index in [0.29, 0.717) is 5.92 Å². The lowest BCUT2D eigenvalue weighted by atomic mass is 9.96. The van der Waals surface area contributed by atoms with Crippen molar-refractivity contribution in [3.05, 3.63) is 65.5 Å². The van der Waals surface area contributed by atoms with Crippen LogP contribution in [0.25, 0.3) is 0 Å². The average molecular weight is 350 g/mol. The molecular formula is C20H26N6. The highest BCUT2D eigenvalue weighted by Gasteiger charge is 2.26. The molecule has 0 N–H and O–H groups in total. The number of nitrogens with zero attached hydrogens (tertiary/aromatic N) is 6. The zero-order valence-corrected chi connectivity index (χ0v) is 15.5. The van der Waals surface area contributed by atoms with E-state index >= 15 is 0 Å². The van der Waals surface area contributed by atoms with Crippen molar-refractivity contribution in [2.24, 2.45) is 7.05 Å². The van der Waals surface area contributed by atoms with Gasteiger partial charge in [0.2, 0.25) is 0 Å². The summed E-state index contributed by atoms with van der Waals surface area (Å²) >= 11 is 0. The molecule has 2 aromatic heterocycles. The maximum atomic E-state index is 4.47. The van der Waals surface area contributed by atoms with Gasteiger partial charge in [-0.25, -0.2) is 0 Å². The molecule has 6 heteroatoms. The molecule has 1 aromatic carbocycles. The first-order valence-electron chi connectivity index (χ1n) is 9.32. The fourth-order valence-corrected chi connectivity index (χ4v) is 3.83. The SMILES string of the molecule is Cc1c(CN2CCC[C@@H](c3nncn3Cc3ccccc3)C2)cnn1C. The van der Waals surface area contributed by atoms with Gasteiger partial charge in [0.25, 0.3) is 0 Å². The van der Waals surface area contributed by atoms with Crippen molar-refractivity contribution in [2.45, 2.75) is 38.8 Å². The van der Waals surface area contributed by atoms with Gasteiger partial charge in [-0.05, 0) is 31.9 Å². The maximum Gasteiger partial charge on any atom is 0.137 e. The Labute approximate surface area is 154 Å². The normalized spacial score (nSPS) is 18.3. The summed E-state index contributed by atoms with van der Waals surface area (Å²) in [7, 11) is 2.00. The number of aryl methyl sites for hydroxylation is 1. The highest BCUT2D eigenvalue weighted by Crippen LogP contribution is 2.27. The standard InChI is InChI=1S/C20H26N6/c1-16-19(11-22-24(16)2)14-25-10-6-9-18(13-25)20-23-21-15-26(20)12-17-7-4-3-5-8-17/h3-5,7-8,11,15,18H,6,9-10,12-14H2,1-2H3/t18-/m1/s1. The Morgan fingerprint density at radius 2 is 2.00 bits per heavy atom. The smallest absolute Gasteiger partial charge is 0.137 e. The zero-order chi connectivity index (χ0) is 17.9. The number of piperidine rings is 1. The molecule has 0 unspecified atom stereocenters. The molecule has 1 saturated heterocycles. The molecule has 0 amide bonds. The van der Waals surface area contributed by atoms with Crippen LogP contribution in [-0.4, -0.2) is 42.5 Å². The molecule has 0 bridgehead atoms. The van der Waals surface area contributed by atoms with Crippen LogP contribution in [0, 0.1) is 6.92 Å². The van der Waals surface area contributed by atoms with Crippen molar-refractivity contribution in [2.75, 3.05) is 13.1 Å². The molecule has 4 rings (SSSR count). The van der Waals surface area contributed by atoms with Gasteiger partial charge < -0.3 is 4.57 Å². The van der Waals surface area contributed by atoms with Crippen LogP contribution in [0.2, 0.25) is 0 Å². The van der Waals surface area contributed by atoms with Gasteiger partial charge in [-0.15, -0.1) is 10.2 Å². The lowest BCUT2D eigenvalue weighted by Gasteiger charge is -2.32. The van der Waals surface area contributed by atoms with E-state index in [1.54, 1.807) is 0 Å². The van der Waals surface area contributed by atoms with Gasteiger partial charge in [0.05, 0.1) is 12.7 Å². The molecule has 3 aromatic rings. The summed E-state index contributed by atoms with van der Waals surface area (Å²) in [6.45, 7) is 6.10. The summed E-state index contributed by atoms with van der Waals surface area (Å²) in [5.41, 5.74) is 3.85. The van der Waals surface area contributed by atoms with Crippen molar-refractivity contribution in [1.29, 1.82) is 0 Å². The third kappa shape index (κ3) is 3.55. The van der Waals surface area contributed by atoms with Gasteiger partial charge in [-0.1, -0.05) is 30.3 Å². The first kappa shape index (κ1) is 17.0. The highest BCUT2D eigenvalue weighted by atomic mass is 15.3. The van der Waals surface area contributed by atoms with E-state index in [9.17, 15) is 0 Å². The highest BCUT2D eigenvalue weighted by molar-refractivity contribution is 5.17. The quantitative estimate of drug-likeness (QED) is 0.710. The minimum absolute atomic E-state index is 0.437. The second-order valence-corrected chi connectivity index (χ2v) is 7.26. The summed E-state index contributed by atoms with van der Waals surface area (Å²) in [5.74, 6) is 1.55. The molecule has 3 heterocycles. The molecule has 1 atom stereocenters. The number of hydrogen-bond acceptors (Lipinski definition) is 4. The lowest BCUT2D eigenvalue weighted by Crippen LogP contribution is -2.35. The molecule has 26 heavy (non-hydrogen) atoms. The van der Waals surface area contributed by atoms with Gasteiger partial charge in [-0.2, -0.15) is 5.10 Å². The first-order chi connectivity index (χ1) is 12.7. The van der Waals surface area contributed by atoms with Crippen molar-refractivity contribution in [3.8, 4) is 0 Å². The summed E-state index contributed by atoms with van der Waals surface area (Å²) in [5, 5.41) is 13.0. The second kappa shape index (κ2) is 7.41. The van der Waals surface area contributed by atoms with Crippen molar-refractivity contribution < 1.29 is 0 Å². The first-order valence-corrected chi connectivity index (χ1v) is 9.32. The Hall–Kier alpha value is -2.47. The molecule has 0 radical (unpaired) electrons. The minimum atomic E-state index is 0.437. The van der Waals surface area contributed by atoms with Crippen LogP contribution in [0.3, 0.4) is 0 Å². The van der Waals surface area contributed by atoms with E-state index < -0.39 is 0 Å². The van der Waals surface area contributed by atoms with E-state index in [2.05, 4.69) is 62.0 Å². The Morgan fingerprint density at radius 1 is 1.15 bits per heavy atom. The van der Waals surface area contributed by atoms with E-state index in [-0.39, 0.29) is 0 Å². The van der Waals surface area contributed by atoms with E-state index in [1.807, 2.05) is 24.3 Å². The zero-order valence-electron chi connectivity index (χ0n) is 15.5. The molecule has 136 valence electrons. The van der Waals surface area contributed by atoms with Crippen LogP contribution in [0.15, 0.2) is 42.9 Å². The summed E-state index contributed by atoms with van der Waals surface area (Å²) in [4.78, 5) is 2.53. The molecule has 1 fully saturated rings. The van der Waals surface area contributed by atoms with Gasteiger partial charge in [-0.3, -0.25) is 9.58 Å². The number of likely N-dealkylation sites (tertiary alicyclic amines) is 1. The Bertz CT molecular complexity index is 850. The van der Waals surface area contributed by atoms with Crippen molar-refractivity contribution in [1.82, 2.24) is 29.4 Å². The largest absolute Gasteiger partial charge is 0.313 e. The fraction of sp³-hybridized carbons (Fsp3) is 0.450. The van der Waals surface area contributed by atoms with E-state index in [1.165, 1.54) is 29.7 Å². The van der Waals surface area contributed by atoms with Crippen LogP contribution >= 0.6 is 0 Å². The van der Waals surface area contributed by atoms with Crippen LogP contribution in [0.5, 0.6) is 0 Å². The van der Waals surface area contributed by atoms with Crippen LogP contribution in [0.1, 0.15) is 41.4 Å². The van der Waals surface area contributed by atoms with Gasteiger partial charge >= 0.3 is 0 Å². The van der Waals surface area contributed by atoms with E-state index in [4.69, 9.17) is 0 Å². The fourth-order valence-electron chi connectivity index (χ4n) is 3.83. The summed E-state index contributed by atoms with van der Waals surface area (Å²) in [6.07, 6.45) is 6.24. The van der Waals surface area contributed by atoms with E-state index in [0.717, 1.165) is 32.0 Å². The van der Waals surface area contributed by atoms with Crippen LogP contribution in [0.4, 0.5) is 0 Å². The Morgan fingerprint density at radius 3 is 2.77 bits per heavy atom. The van der Waals surface area contributed by atoms with Crippen LogP contribution < -0.4 is 0 Å². The average Bonchev–Trinajstić information content (AvgIpc) is 3.25. The molecule has 0 aliphatic carbocycles. The number of hydrogen-bond donors (Lipinski definition) is 0. The Kier molecular flexibility index (Phi) is 4.84. The second-order valence-electron chi connectivity index (χ2n) is 7.26. The Balaban J connectivity index is 1.47. The van der Waals surface area contributed by atoms with Crippen molar-refractivity contribution in [3.63, 3.8) is 0 Å².